The minimum atomic E-state index is -0.356. The number of hydrogen-bond donors (Lipinski definition) is 3. The van der Waals surface area contributed by atoms with Gasteiger partial charge in [-0.3, -0.25) is 4.79 Å². The maximum absolute atomic E-state index is 12.4. The Balaban J connectivity index is -0.000000495. The van der Waals surface area contributed by atoms with Crippen LogP contribution in [0.2, 0.25) is 0 Å². The number of rotatable bonds is 4. The lowest BCUT2D eigenvalue weighted by atomic mass is 9.86. The second-order valence-electron chi connectivity index (χ2n) is 8.15. The molecule has 26 heavy (non-hydrogen) atoms. The third-order valence-electron chi connectivity index (χ3n) is 3.19. The summed E-state index contributed by atoms with van der Waals surface area (Å²) in [7, 11) is 6.00. The first-order chi connectivity index (χ1) is 12.0. The Morgan fingerprint density at radius 1 is 1.04 bits per heavy atom. The van der Waals surface area contributed by atoms with Crippen LogP contribution in [0.5, 0.6) is 0 Å². The predicted molar refractivity (Wildman–Crippen MR) is 118 cm³/mol. The number of carbonyl (C=O) groups excluding carboxylic acids is 1. The summed E-state index contributed by atoms with van der Waals surface area (Å²) in [6, 6.07) is 0. The zero-order valence-electron chi connectivity index (χ0n) is 19.8. The zero-order chi connectivity index (χ0) is 21.2. The number of piperidine rings is 1. The van der Waals surface area contributed by atoms with Crippen LogP contribution in [0, 0.1) is 5.41 Å². The number of amides is 1. The molecule has 0 radical (unpaired) electrons. The van der Waals surface area contributed by atoms with E-state index >= 15 is 0 Å². The number of hydrogen-bond acceptors (Lipinski definition) is 4. The Labute approximate surface area is 165 Å². The van der Waals surface area contributed by atoms with Gasteiger partial charge in [0, 0.05) is 6.54 Å². The van der Waals surface area contributed by atoms with Crippen molar-refractivity contribution in [2.45, 2.75) is 80.2 Å². The van der Waals surface area contributed by atoms with Gasteiger partial charge in [-0.1, -0.05) is 61.8 Å². The molecule has 1 heterocycles. The minimum Gasteiger partial charge on any atom is -0.354 e. The molecule has 1 saturated heterocycles. The minimum absolute atomic E-state index is 0.135. The highest BCUT2D eigenvalue weighted by molar-refractivity contribution is 5.86. The van der Waals surface area contributed by atoms with Crippen molar-refractivity contribution in [1.29, 1.82) is 0 Å². The van der Waals surface area contributed by atoms with E-state index in [1.165, 1.54) is 6.42 Å². The van der Waals surface area contributed by atoms with E-state index in [9.17, 15) is 4.79 Å². The van der Waals surface area contributed by atoms with Crippen LogP contribution in [0.4, 0.5) is 0 Å². The van der Waals surface area contributed by atoms with Crippen molar-refractivity contribution in [2.24, 2.45) is 5.41 Å². The fourth-order valence-electron chi connectivity index (χ4n) is 2.19. The van der Waals surface area contributed by atoms with Gasteiger partial charge in [0.15, 0.2) is 0 Å². The van der Waals surface area contributed by atoms with Crippen molar-refractivity contribution in [2.75, 3.05) is 47.3 Å². The molecule has 0 aromatic rings. The lowest BCUT2D eigenvalue weighted by molar-refractivity contribution is -0.129. The van der Waals surface area contributed by atoms with E-state index in [1.807, 2.05) is 39.9 Å². The fourth-order valence-corrected chi connectivity index (χ4v) is 2.19. The molecule has 0 aromatic carbocycles. The van der Waals surface area contributed by atoms with E-state index in [4.69, 9.17) is 0 Å². The first kappa shape index (κ1) is 30.1. The van der Waals surface area contributed by atoms with Gasteiger partial charge in [0.2, 0.25) is 5.91 Å². The molecule has 1 aliphatic rings. The van der Waals surface area contributed by atoms with Crippen LogP contribution >= 0.6 is 0 Å². The van der Waals surface area contributed by atoms with Gasteiger partial charge in [0.05, 0.1) is 0 Å². The molecule has 5 nitrogen and oxygen atoms in total. The molecule has 0 aromatic heterocycles. The van der Waals surface area contributed by atoms with E-state index in [2.05, 4.69) is 57.5 Å². The van der Waals surface area contributed by atoms with Gasteiger partial charge in [-0.2, -0.15) is 0 Å². The average molecular weight is 375 g/mol. The summed E-state index contributed by atoms with van der Waals surface area (Å²) in [6.07, 6.45) is 2.99. The summed E-state index contributed by atoms with van der Waals surface area (Å²) < 4.78 is 0. The van der Waals surface area contributed by atoms with E-state index in [0.29, 0.717) is 0 Å². The number of nitrogens with one attached hydrogen (secondary N) is 3. The molecule has 1 aliphatic heterocycles. The summed E-state index contributed by atoms with van der Waals surface area (Å²) in [4.78, 5) is 14.4. The Morgan fingerprint density at radius 2 is 1.42 bits per heavy atom. The van der Waals surface area contributed by atoms with Gasteiger partial charge < -0.3 is 20.9 Å². The van der Waals surface area contributed by atoms with Crippen LogP contribution in [0.3, 0.4) is 0 Å². The monoisotopic (exact) mass is 374 g/mol. The van der Waals surface area contributed by atoms with Gasteiger partial charge in [-0.05, 0) is 59.0 Å². The van der Waals surface area contributed by atoms with Crippen LogP contribution in [0.25, 0.3) is 0 Å². The van der Waals surface area contributed by atoms with E-state index in [-0.39, 0.29) is 16.9 Å². The molecular weight excluding hydrogens is 324 g/mol. The van der Waals surface area contributed by atoms with Crippen molar-refractivity contribution in [3.05, 3.63) is 0 Å². The van der Waals surface area contributed by atoms with Crippen LogP contribution < -0.4 is 16.0 Å². The van der Waals surface area contributed by atoms with Gasteiger partial charge in [-0.15, -0.1) is 0 Å². The van der Waals surface area contributed by atoms with Gasteiger partial charge >= 0.3 is 0 Å². The number of nitrogens with zero attached hydrogens (tertiary/aromatic N) is 1. The molecule has 1 rings (SSSR count). The molecular formula is C21H50N4O. The van der Waals surface area contributed by atoms with Gasteiger partial charge in [0.25, 0.3) is 0 Å². The summed E-state index contributed by atoms with van der Waals surface area (Å²) in [6.45, 7) is 20.1. The lowest BCUT2D eigenvalue weighted by Gasteiger charge is -2.37. The molecule has 0 saturated carbocycles. The Bertz CT molecular complexity index is 297. The van der Waals surface area contributed by atoms with E-state index in [0.717, 1.165) is 39.0 Å². The van der Waals surface area contributed by atoms with Gasteiger partial charge in [-0.25, -0.2) is 0 Å². The molecule has 0 atom stereocenters. The van der Waals surface area contributed by atoms with Crippen molar-refractivity contribution in [3.8, 4) is 0 Å². The van der Waals surface area contributed by atoms with E-state index < -0.39 is 0 Å². The Hall–Kier alpha value is -0.650. The third kappa shape index (κ3) is 18.2. The highest BCUT2D eigenvalue weighted by Gasteiger charge is 2.38. The normalized spacial score (nSPS) is 15.4. The topological polar surface area (TPSA) is 56.4 Å². The molecule has 0 bridgehead atoms. The molecule has 0 spiro atoms. The SMILES string of the molecule is CC.CCC.CCNC1(C(=O)NCC(C)(C)C)CCNCC1.CN(C)C. The zero-order valence-corrected chi connectivity index (χ0v) is 19.8. The summed E-state index contributed by atoms with van der Waals surface area (Å²) in [5.74, 6) is 0.163. The Kier molecular flexibility index (Phi) is 20.5. The maximum Gasteiger partial charge on any atom is 0.240 e. The molecule has 1 amide bonds. The highest BCUT2D eigenvalue weighted by Crippen LogP contribution is 2.19. The predicted octanol–water partition coefficient (Wildman–Crippen LogP) is 3.50. The first-order valence-corrected chi connectivity index (χ1v) is 10.4. The average Bonchev–Trinajstić information content (AvgIpc) is 2.55. The molecule has 5 heteroatoms. The second kappa shape index (κ2) is 17.7. The lowest BCUT2D eigenvalue weighted by Crippen LogP contribution is -2.62. The summed E-state index contributed by atoms with van der Waals surface area (Å²) in [5, 5.41) is 9.78. The highest BCUT2D eigenvalue weighted by atomic mass is 16.2. The molecule has 0 unspecified atom stereocenters. The largest absolute Gasteiger partial charge is 0.354 e. The molecule has 1 fully saturated rings. The Morgan fingerprint density at radius 3 is 1.73 bits per heavy atom. The molecule has 0 aliphatic carbocycles. The van der Waals surface area contributed by atoms with Crippen LogP contribution in [0.1, 0.15) is 74.7 Å². The molecule has 160 valence electrons. The molecule has 3 N–H and O–H groups in total. The van der Waals surface area contributed by atoms with Crippen molar-refractivity contribution in [3.63, 3.8) is 0 Å². The smallest absolute Gasteiger partial charge is 0.240 e. The van der Waals surface area contributed by atoms with E-state index in [1.54, 1.807) is 0 Å². The van der Waals surface area contributed by atoms with Crippen molar-refractivity contribution < 1.29 is 4.79 Å². The quantitative estimate of drug-likeness (QED) is 0.705. The maximum atomic E-state index is 12.4. The summed E-state index contributed by atoms with van der Waals surface area (Å²) >= 11 is 0. The van der Waals surface area contributed by atoms with Crippen molar-refractivity contribution >= 4 is 5.91 Å². The van der Waals surface area contributed by atoms with Crippen LogP contribution in [-0.4, -0.2) is 63.7 Å². The number of carbonyl (C=O) groups is 1. The standard InChI is InChI=1S/C13H27N3O.C3H9N.C3H8.C2H6/c1-5-16-13(6-8-14-9-7-13)11(17)15-10-12(2,3)4;1-4(2)3;1-3-2;1-2/h14,16H,5-10H2,1-4H3,(H,15,17);1-3H3;3H2,1-2H3;1-2H3. The van der Waals surface area contributed by atoms with Crippen LogP contribution in [0.15, 0.2) is 0 Å². The number of likely N-dealkylation sites (N-methyl/N-ethyl adjacent to an activating group) is 1. The van der Waals surface area contributed by atoms with Crippen molar-refractivity contribution in [1.82, 2.24) is 20.9 Å². The summed E-state index contributed by atoms with van der Waals surface area (Å²) in [5.41, 5.74) is -0.221. The first-order valence-electron chi connectivity index (χ1n) is 10.4. The van der Waals surface area contributed by atoms with Gasteiger partial charge in [0.1, 0.15) is 5.54 Å². The van der Waals surface area contributed by atoms with Crippen LogP contribution in [-0.2, 0) is 4.79 Å². The second-order valence-corrected chi connectivity index (χ2v) is 8.15. The third-order valence-corrected chi connectivity index (χ3v) is 3.19. The fraction of sp³-hybridized carbons (Fsp3) is 0.952.